The number of benzene rings is 1. The third-order valence-electron chi connectivity index (χ3n) is 1.98. The SMILES string of the molecule is Nc1ccc(C(=O)c2ccco2)c(Br)c1. The van der Waals surface area contributed by atoms with Crippen LogP contribution in [0.25, 0.3) is 0 Å². The Bertz CT molecular complexity index is 491. The number of nitrogens with two attached hydrogens (primary N) is 1. The van der Waals surface area contributed by atoms with E-state index in [1.54, 1.807) is 30.3 Å². The zero-order valence-electron chi connectivity index (χ0n) is 7.74. The smallest absolute Gasteiger partial charge is 0.229 e. The Labute approximate surface area is 95.0 Å². The Balaban J connectivity index is 2.42. The van der Waals surface area contributed by atoms with Crippen molar-refractivity contribution in [2.75, 3.05) is 5.73 Å². The van der Waals surface area contributed by atoms with E-state index in [0.29, 0.717) is 21.5 Å². The second-order valence-corrected chi connectivity index (χ2v) is 3.90. The summed E-state index contributed by atoms with van der Waals surface area (Å²) in [5, 5.41) is 0. The summed E-state index contributed by atoms with van der Waals surface area (Å²) in [4.78, 5) is 11.9. The molecule has 0 fully saturated rings. The van der Waals surface area contributed by atoms with Crippen molar-refractivity contribution in [2.45, 2.75) is 0 Å². The number of hydrogen-bond acceptors (Lipinski definition) is 3. The molecule has 0 radical (unpaired) electrons. The van der Waals surface area contributed by atoms with Gasteiger partial charge in [0.05, 0.1) is 6.26 Å². The average Bonchev–Trinajstić information content (AvgIpc) is 2.69. The number of furan rings is 1. The Morgan fingerprint density at radius 1 is 1.33 bits per heavy atom. The van der Waals surface area contributed by atoms with Crippen molar-refractivity contribution in [3.05, 3.63) is 52.4 Å². The zero-order valence-corrected chi connectivity index (χ0v) is 9.32. The molecule has 2 N–H and O–H groups in total. The molecule has 0 spiro atoms. The quantitative estimate of drug-likeness (QED) is 0.671. The van der Waals surface area contributed by atoms with Gasteiger partial charge >= 0.3 is 0 Å². The highest BCUT2D eigenvalue weighted by Gasteiger charge is 2.14. The van der Waals surface area contributed by atoms with Crippen LogP contribution in [0.2, 0.25) is 0 Å². The molecule has 76 valence electrons. The van der Waals surface area contributed by atoms with Crippen molar-refractivity contribution >= 4 is 27.4 Å². The predicted molar refractivity (Wildman–Crippen MR) is 60.7 cm³/mol. The normalized spacial score (nSPS) is 10.2. The maximum Gasteiger partial charge on any atom is 0.229 e. The van der Waals surface area contributed by atoms with Gasteiger partial charge in [0.2, 0.25) is 5.78 Å². The summed E-state index contributed by atoms with van der Waals surface area (Å²) in [6, 6.07) is 8.35. The van der Waals surface area contributed by atoms with Crippen LogP contribution < -0.4 is 5.73 Å². The highest BCUT2D eigenvalue weighted by atomic mass is 79.9. The van der Waals surface area contributed by atoms with Crippen LogP contribution in [0.1, 0.15) is 16.1 Å². The van der Waals surface area contributed by atoms with E-state index in [0.717, 1.165) is 0 Å². The van der Waals surface area contributed by atoms with Crippen molar-refractivity contribution in [3.63, 3.8) is 0 Å². The summed E-state index contributed by atoms with van der Waals surface area (Å²) >= 11 is 3.29. The van der Waals surface area contributed by atoms with Crippen LogP contribution in [-0.4, -0.2) is 5.78 Å². The number of halogens is 1. The number of rotatable bonds is 2. The zero-order chi connectivity index (χ0) is 10.8. The van der Waals surface area contributed by atoms with Crippen LogP contribution in [0.3, 0.4) is 0 Å². The minimum absolute atomic E-state index is 0.160. The minimum Gasteiger partial charge on any atom is -0.461 e. The lowest BCUT2D eigenvalue weighted by atomic mass is 10.1. The molecule has 0 amide bonds. The summed E-state index contributed by atoms with van der Waals surface area (Å²) < 4.78 is 5.70. The molecular formula is C11H8BrNO2. The van der Waals surface area contributed by atoms with Gasteiger partial charge in [0.15, 0.2) is 5.76 Å². The van der Waals surface area contributed by atoms with E-state index in [2.05, 4.69) is 15.9 Å². The van der Waals surface area contributed by atoms with Crippen LogP contribution in [0.15, 0.2) is 45.5 Å². The van der Waals surface area contributed by atoms with Crippen molar-refractivity contribution in [3.8, 4) is 0 Å². The first-order valence-electron chi connectivity index (χ1n) is 4.31. The van der Waals surface area contributed by atoms with Crippen molar-refractivity contribution in [1.82, 2.24) is 0 Å². The molecule has 0 bridgehead atoms. The molecule has 0 aliphatic carbocycles. The molecule has 0 unspecified atom stereocenters. The molecule has 2 rings (SSSR count). The van der Waals surface area contributed by atoms with E-state index in [1.807, 2.05) is 0 Å². The fourth-order valence-electron chi connectivity index (χ4n) is 1.26. The predicted octanol–water partition coefficient (Wildman–Crippen LogP) is 2.86. The highest BCUT2D eigenvalue weighted by molar-refractivity contribution is 9.10. The topological polar surface area (TPSA) is 56.2 Å². The van der Waals surface area contributed by atoms with E-state index in [-0.39, 0.29) is 5.78 Å². The highest BCUT2D eigenvalue weighted by Crippen LogP contribution is 2.22. The first kappa shape index (κ1) is 9.98. The largest absolute Gasteiger partial charge is 0.461 e. The summed E-state index contributed by atoms with van der Waals surface area (Å²) in [7, 11) is 0. The monoisotopic (exact) mass is 265 g/mol. The molecule has 0 atom stereocenters. The fraction of sp³-hybridized carbons (Fsp3) is 0. The first-order valence-corrected chi connectivity index (χ1v) is 5.11. The molecule has 0 saturated carbocycles. The molecule has 1 heterocycles. The van der Waals surface area contributed by atoms with Gasteiger partial charge < -0.3 is 10.2 Å². The molecule has 3 nitrogen and oxygen atoms in total. The van der Waals surface area contributed by atoms with E-state index < -0.39 is 0 Å². The average molecular weight is 266 g/mol. The summed E-state index contributed by atoms with van der Waals surface area (Å²) in [6.45, 7) is 0. The summed E-state index contributed by atoms with van der Waals surface area (Å²) in [5.41, 5.74) is 6.73. The molecule has 4 heteroatoms. The van der Waals surface area contributed by atoms with Gasteiger partial charge in [0.1, 0.15) is 0 Å². The fourth-order valence-corrected chi connectivity index (χ4v) is 1.83. The molecule has 0 aliphatic rings. The number of nitrogen functional groups attached to an aromatic ring is 1. The van der Waals surface area contributed by atoms with E-state index in [1.165, 1.54) is 6.26 Å². The number of carbonyl (C=O) groups excluding carboxylic acids is 1. The number of carbonyl (C=O) groups is 1. The van der Waals surface area contributed by atoms with Gasteiger partial charge in [-0.2, -0.15) is 0 Å². The molecule has 15 heavy (non-hydrogen) atoms. The summed E-state index contributed by atoms with van der Waals surface area (Å²) in [5.74, 6) is 0.160. The second kappa shape index (κ2) is 3.90. The van der Waals surface area contributed by atoms with Gasteiger partial charge in [0.25, 0.3) is 0 Å². The van der Waals surface area contributed by atoms with Gasteiger partial charge in [-0.1, -0.05) is 0 Å². The number of hydrogen-bond donors (Lipinski definition) is 1. The third kappa shape index (κ3) is 1.94. The van der Waals surface area contributed by atoms with Crippen LogP contribution in [0, 0.1) is 0 Å². The van der Waals surface area contributed by atoms with Crippen LogP contribution in [0.5, 0.6) is 0 Å². The molecule has 2 aromatic rings. The van der Waals surface area contributed by atoms with Gasteiger partial charge in [0, 0.05) is 15.7 Å². The van der Waals surface area contributed by atoms with Crippen molar-refractivity contribution in [1.29, 1.82) is 0 Å². The first-order chi connectivity index (χ1) is 7.18. The summed E-state index contributed by atoms with van der Waals surface area (Å²) in [6.07, 6.45) is 1.47. The van der Waals surface area contributed by atoms with Gasteiger partial charge in [-0.3, -0.25) is 4.79 Å². The lowest BCUT2D eigenvalue weighted by Crippen LogP contribution is -2.01. The Morgan fingerprint density at radius 2 is 2.13 bits per heavy atom. The van der Waals surface area contributed by atoms with Crippen LogP contribution in [-0.2, 0) is 0 Å². The Kier molecular flexibility index (Phi) is 2.60. The lowest BCUT2D eigenvalue weighted by Gasteiger charge is -2.02. The molecular weight excluding hydrogens is 258 g/mol. The van der Waals surface area contributed by atoms with Crippen LogP contribution in [0.4, 0.5) is 5.69 Å². The molecule has 1 aromatic carbocycles. The third-order valence-corrected chi connectivity index (χ3v) is 2.64. The lowest BCUT2D eigenvalue weighted by molar-refractivity contribution is 0.101. The van der Waals surface area contributed by atoms with E-state index in [9.17, 15) is 4.79 Å². The van der Waals surface area contributed by atoms with Crippen molar-refractivity contribution in [2.24, 2.45) is 0 Å². The van der Waals surface area contributed by atoms with Gasteiger partial charge in [-0.25, -0.2) is 0 Å². The van der Waals surface area contributed by atoms with Crippen LogP contribution >= 0.6 is 15.9 Å². The maximum absolute atomic E-state index is 11.9. The number of ketones is 1. The Morgan fingerprint density at radius 3 is 2.73 bits per heavy atom. The van der Waals surface area contributed by atoms with Gasteiger partial charge in [-0.05, 0) is 46.3 Å². The molecule has 1 aromatic heterocycles. The van der Waals surface area contributed by atoms with E-state index in [4.69, 9.17) is 10.2 Å². The van der Waals surface area contributed by atoms with E-state index >= 15 is 0 Å². The standard InChI is InChI=1S/C11H8BrNO2/c12-9-6-7(13)3-4-8(9)11(14)10-2-1-5-15-10/h1-6H,13H2. The van der Waals surface area contributed by atoms with Gasteiger partial charge in [-0.15, -0.1) is 0 Å². The second-order valence-electron chi connectivity index (χ2n) is 3.05. The Hall–Kier alpha value is -1.55. The maximum atomic E-state index is 11.9. The number of anilines is 1. The molecule has 0 aliphatic heterocycles. The minimum atomic E-state index is -0.160. The molecule has 0 saturated heterocycles. The van der Waals surface area contributed by atoms with Crippen molar-refractivity contribution < 1.29 is 9.21 Å².